The predicted octanol–water partition coefficient (Wildman–Crippen LogP) is 4.50. The molecule has 0 N–H and O–H groups in total. The monoisotopic (exact) mass is 348 g/mol. The van der Waals surface area contributed by atoms with Crippen LogP contribution in [0.5, 0.6) is 0 Å². The maximum atomic E-state index is 10.7. The van der Waals surface area contributed by atoms with E-state index < -0.39 is 0 Å². The summed E-state index contributed by atoms with van der Waals surface area (Å²) in [6, 6.07) is 6.04. The van der Waals surface area contributed by atoms with Crippen LogP contribution in [-0.4, -0.2) is 10.9 Å². The van der Waals surface area contributed by atoms with E-state index in [9.17, 15) is 4.79 Å². The van der Waals surface area contributed by atoms with E-state index >= 15 is 0 Å². The average molecular weight is 350 g/mol. The molecule has 0 bridgehead atoms. The normalized spacial score (nSPS) is 10.9. The SMILES string of the molecule is CC(=O)SCC=Cc1cc(Br)cc(Br)c1. The van der Waals surface area contributed by atoms with Crippen molar-refractivity contribution in [1.29, 1.82) is 0 Å². The maximum Gasteiger partial charge on any atom is 0.186 e. The number of carbonyl (C=O) groups is 1. The van der Waals surface area contributed by atoms with Gasteiger partial charge < -0.3 is 0 Å². The number of hydrogen-bond donors (Lipinski definition) is 0. The minimum atomic E-state index is 0.148. The molecule has 0 aliphatic heterocycles. The largest absolute Gasteiger partial charge is 0.288 e. The van der Waals surface area contributed by atoms with Gasteiger partial charge in [-0.2, -0.15) is 0 Å². The van der Waals surface area contributed by atoms with Crippen LogP contribution in [0.4, 0.5) is 0 Å². The van der Waals surface area contributed by atoms with Gasteiger partial charge in [-0.1, -0.05) is 55.8 Å². The third-order valence-electron chi connectivity index (χ3n) is 1.58. The molecule has 4 heteroatoms. The first-order valence-corrected chi connectivity index (χ1v) is 6.91. The summed E-state index contributed by atoms with van der Waals surface area (Å²) in [5, 5.41) is 0.148. The zero-order chi connectivity index (χ0) is 11.3. The fourth-order valence-electron chi connectivity index (χ4n) is 1.02. The number of halogens is 2. The zero-order valence-corrected chi connectivity index (χ0v) is 12.2. The van der Waals surface area contributed by atoms with E-state index in [0.29, 0.717) is 0 Å². The molecular formula is C11H10Br2OS. The van der Waals surface area contributed by atoms with Gasteiger partial charge in [0, 0.05) is 21.6 Å². The van der Waals surface area contributed by atoms with E-state index in [1.54, 1.807) is 6.92 Å². The highest BCUT2D eigenvalue weighted by Crippen LogP contribution is 2.21. The summed E-state index contributed by atoms with van der Waals surface area (Å²) in [5.74, 6) is 0.722. The molecule has 15 heavy (non-hydrogen) atoms. The number of carbonyl (C=O) groups excluding carboxylic acids is 1. The Kier molecular flexibility index (Phi) is 5.64. The molecule has 0 radical (unpaired) electrons. The molecule has 0 saturated carbocycles. The number of thioether (sulfide) groups is 1. The first kappa shape index (κ1) is 13.0. The van der Waals surface area contributed by atoms with Crippen LogP contribution in [0.25, 0.3) is 6.08 Å². The molecule has 0 unspecified atom stereocenters. The van der Waals surface area contributed by atoms with Crippen LogP contribution < -0.4 is 0 Å². The van der Waals surface area contributed by atoms with E-state index in [0.717, 1.165) is 20.3 Å². The molecule has 1 nitrogen and oxygen atoms in total. The van der Waals surface area contributed by atoms with Crippen molar-refractivity contribution in [2.45, 2.75) is 6.92 Å². The van der Waals surface area contributed by atoms with E-state index in [4.69, 9.17) is 0 Å². The lowest BCUT2D eigenvalue weighted by Gasteiger charge is -1.97. The van der Waals surface area contributed by atoms with Gasteiger partial charge in [-0.15, -0.1) is 0 Å². The van der Waals surface area contributed by atoms with Gasteiger partial charge in [0.2, 0.25) is 0 Å². The molecule has 0 atom stereocenters. The summed E-state index contributed by atoms with van der Waals surface area (Å²) in [4.78, 5) is 10.7. The van der Waals surface area contributed by atoms with Crippen LogP contribution in [-0.2, 0) is 4.79 Å². The second kappa shape index (κ2) is 6.51. The lowest BCUT2D eigenvalue weighted by atomic mass is 10.2. The van der Waals surface area contributed by atoms with Crippen molar-refractivity contribution >= 4 is 54.8 Å². The second-order valence-corrected chi connectivity index (χ2v) is 5.94. The maximum absolute atomic E-state index is 10.7. The second-order valence-electron chi connectivity index (χ2n) is 2.91. The van der Waals surface area contributed by atoms with Gasteiger partial charge in [0.25, 0.3) is 0 Å². The summed E-state index contributed by atoms with van der Waals surface area (Å²) in [6.45, 7) is 1.58. The molecule has 0 aromatic heterocycles. The number of benzene rings is 1. The van der Waals surface area contributed by atoms with E-state index in [2.05, 4.69) is 31.9 Å². The third-order valence-corrected chi connectivity index (χ3v) is 3.26. The molecule has 1 rings (SSSR count). The van der Waals surface area contributed by atoms with Crippen molar-refractivity contribution in [3.05, 3.63) is 38.8 Å². The van der Waals surface area contributed by atoms with Gasteiger partial charge in [0.05, 0.1) is 0 Å². The van der Waals surface area contributed by atoms with Crippen LogP contribution in [0.1, 0.15) is 12.5 Å². The Labute approximate surface area is 111 Å². The molecule has 0 heterocycles. The molecule has 0 amide bonds. The van der Waals surface area contributed by atoms with Gasteiger partial charge >= 0.3 is 0 Å². The Balaban J connectivity index is 2.60. The van der Waals surface area contributed by atoms with Crippen molar-refractivity contribution in [2.75, 3.05) is 5.75 Å². The molecule has 1 aromatic rings. The van der Waals surface area contributed by atoms with Crippen LogP contribution in [0.3, 0.4) is 0 Å². The van der Waals surface area contributed by atoms with Gasteiger partial charge in [-0.3, -0.25) is 4.79 Å². The number of hydrogen-bond acceptors (Lipinski definition) is 2. The van der Waals surface area contributed by atoms with E-state index in [1.165, 1.54) is 11.8 Å². The van der Waals surface area contributed by atoms with Crippen LogP contribution in [0.2, 0.25) is 0 Å². The summed E-state index contributed by atoms with van der Waals surface area (Å²) in [6.07, 6.45) is 3.99. The highest BCUT2D eigenvalue weighted by atomic mass is 79.9. The molecule has 0 fully saturated rings. The van der Waals surface area contributed by atoms with Gasteiger partial charge in [-0.05, 0) is 23.8 Å². The van der Waals surface area contributed by atoms with Gasteiger partial charge in [-0.25, -0.2) is 0 Å². The topological polar surface area (TPSA) is 17.1 Å². The molecule has 0 aliphatic rings. The smallest absolute Gasteiger partial charge is 0.186 e. The fraction of sp³-hybridized carbons (Fsp3) is 0.182. The Morgan fingerprint density at radius 2 is 1.93 bits per heavy atom. The Morgan fingerprint density at radius 1 is 1.33 bits per heavy atom. The molecule has 80 valence electrons. The Bertz CT molecular complexity index is 368. The first-order valence-electron chi connectivity index (χ1n) is 4.34. The lowest BCUT2D eigenvalue weighted by molar-refractivity contribution is -0.109. The Hall–Kier alpha value is -0.0600. The minimum Gasteiger partial charge on any atom is -0.288 e. The number of rotatable bonds is 3. The van der Waals surface area contributed by atoms with E-state index in [1.807, 2.05) is 30.4 Å². The third kappa shape index (κ3) is 5.54. The van der Waals surface area contributed by atoms with Crippen LogP contribution >= 0.6 is 43.6 Å². The van der Waals surface area contributed by atoms with Crippen LogP contribution in [0, 0.1) is 0 Å². The van der Waals surface area contributed by atoms with Crippen LogP contribution in [0.15, 0.2) is 33.2 Å². The van der Waals surface area contributed by atoms with Crippen molar-refractivity contribution in [2.24, 2.45) is 0 Å². The highest BCUT2D eigenvalue weighted by molar-refractivity contribution is 9.11. The molecule has 0 spiro atoms. The Morgan fingerprint density at radius 3 is 2.47 bits per heavy atom. The average Bonchev–Trinajstić information content (AvgIpc) is 2.10. The zero-order valence-electron chi connectivity index (χ0n) is 8.17. The van der Waals surface area contributed by atoms with Crippen molar-refractivity contribution in [3.63, 3.8) is 0 Å². The molecular weight excluding hydrogens is 340 g/mol. The predicted molar refractivity (Wildman–Crippen MR) is 74.0 cm³/mol. The van der Waals surface area contributed by atoms with Gasteiger partial charge in [0.1, 0.15) is 0 Å². The summed E-state index contributed by atoms with van der Waals surface area (Å²) < 4.78 is 2.08. The van der Waals surface area contributed by atoms with Crippen molar-refractivity contribution < 1.29 is 4.79 Å². The highest BCUT2D eigenvalue weighted by Gasteiger charge is 1.94. The first-order chi connectivity index (χ1) is 7.08. The molecule has 0 aliphatic carbocycles. The van der Waals surface area contributed by atoms with Crippen molar-refractivity contribution in [3.8, 4) is 0 Å². The summed E-state index contributed by atoms with van der Waals surface area (Å²) in [7, 11) is 0. The van der Waals surface area contributed by atoms with Crippen molar-refractivity contribution in [1.82, 2.24) is 0 Å². The summed E-state index contributed by atoms with van der Waals surface area (Å²) in [5.41, 5.74) is 1.11. The minimum absolute atomic E-state index is 0.148. The molecule has 0 saturated heterocycles. The fourth-order valence-corrected chi connectivity index (χ4v) is 2.78. The summed E-state index contributed by atoms with van der Waals surface area (Å²) >= 11 is 8.15. The quantitative estimate of drug-likeness (QED) is 0.798. The van der Waals surface area contributed by atoms with Gasteiger partial charge in [0.15, 0.2) is 5.12 Å². The lowest BCUT2D eigenvalue weighted by Crippen LogP contribution is -1.81. The van der Waals surface area contributed by atoms with E-state index in [-0.39, 0.29) is 5.12 Å². The molecule has 1 aromatic carbocycles. The standard InChI is InChI=1S/C11H10Br2OS/c1-8(14)15-4-2-3-9-5-10(12)7-11(13)6-9/h2-3,5-7H,4H2,1H3.